The molecule has 8 nitrogen and oxygen atoms in total. The molecule has 1 heterocycles. The van der Waals surface area contributed by atoms with Gasteiger partial charge in [0, 0.05) is 22.2 Å². The molecule has 0 aliphatic rings. The summed E-state index contributed by atoms with van der Waals surface area (Å²) in [5.74, 6) is 0.834. The summed E-state index contributed by atoms with van der Waals surface area (Å²) >= 11 is 7.12. The lowest BCUT2D eigenvalue weighted by Gasteiger charge is -2.11. The molecule has 0 bridgehead atoms. The lowest BCUT2D eigenvalue weighted by molar-refractivity contribution is -0.115. The minimum atomic E-state index is -0.455. The van der Waals surface area contributed by atoms with Crippen molar-refractivity contribution in [2.75, 3.05) is 30.2 Å². The van der Waals surface area contributed by atoms with Gasteiger partial charge in [-0.3, -0.25) is 10.1 Å². The molecule has 10 heteroatoms. The zero-order chi connectivity index (χ0) is 21.5. The van der Waals surface area contributed by atoms with Crippen molar-refractivity contribution in [2.45, 2.75) is 6.42 Å². The number of nitrogens with one attached hydrogen (secondary N) is 3. The Balaban J connectivity index is 1.57. The van der Waals surface area contributed by atoms with Crippen LogP contribution in [0.1, 0.15) is 5.69 Å². The average molecular weight is 447 g/mol. The topological polar surface area (TPSA) is 102 Å². The molecule has 0 fully saturated rings. The highest BCUT2D eigenvalue weighted by Gasteiger charge is 2.13. The molecule has 0 aliphatic carbocycles. The minimum Gasteiger partial charge on any atom is -0.497 e. The lowest BCUT2D eigenvalue weighted by atomic mass is 10.2. The van der Waals surface area contributed by atoms with Crippen LogP contribution in [0.15, 0.2) is 47.8 Å². The summed E-state index contributed by atoms with van der Waals surface area (Å²) in [5, 5.41) is 10.7. The van der Waals surface area contributed by atoms with Gasteiger partial charge in [0.05, 0.1) is 32.0 Å². The molecule has 0 aliphatic heterocycles. The third-order valence-electron chi connectivity index (χ3n) is 3.88. The Kier molecular flexibility index (Phi) is 7.10. The second kappa shape index (κ2) is 9.95. The van der Waals surface area contributed by atoms with Crippen LogP contribution in [0.25, 0.3) is 0 Å². The van der Waals surface area contributed by atoms with Crippen LogP contribution in [0.3, 0.4) is 0 Å². The highest BCUT2D eigenvalue weighted by molar-refractivity contribution is 7.14. The SMILES string of the molecule is COc1ccc(OC)c(NC(=O)Cc2csc(NC(=O)Nc3cccc(Cl)c3)n2)c1. The summed E-state index contributed by atoms with van der Waals surface area (Å²) in [7, 11) is 3.06. The van der Waals surface area contributed by atoms with Crippen LogP contribution in [0.5, 0.6) is 11.5 Å². The monoisotopic (exact) mass is 446 g/mol. The summed E-state index contributed by atoms with van der Waals surface area (Å²) in [6, 6.07) is 11.5. The number of rotatable bonds is 7. The molecule has 156 valence electrons. The van der Waals surface area contributed by atoms with Gasteiger partial charge >= 0.3 is 6.03 Å². The Morgan fingerprint density at radius 3 is 2.63 bits per heavy atom. The number of thiazole rings is 1. The summed E-state index contributed by atoms with van der Waals surface area (Å²) in [6.45, 7) is 0. The maximum Gasteiger partial charge on any atom is 0.325 e. The van der Waals surface area contributed by atoms with Crippen LogP contribution in [0.2, 0.25) is 5.02 Å². The molecule has 3 amide bonds. The number of carbonyl (C=O) groups is 2. The van der Waals surface area contributed by atoms with Gasteiger partial charge in [0.1, 0.15) is 11.5 Å². The third kappa shape index (κ3) is 5.85. The third-order valence-corrected chi connectivity index (χ3v) is 4.92. The number of halogens is 1. The van der Waals surface area contributed by atoms with Crippen molar-refractivity contribution in [3.05, 3.63) is 58.6 Å². The van der Waals surface area contributed by atoms with E-state index in [-0.39, 0.29) is 12.3 Å². The zero-order valence-corrected chi connectivity index (χ0v) is 17.8. The summed E-state index contributed by atoms with van der Waals surface area (Å²) < 4.78 is 10.4. The van der Waals surface area contributed by atoms with Crippen LogP contribution < -0.4 is 25.4 Å². The van der Waals surface area contributed by atoms with Gasteiger partial charge < -0.3 is 20.1 Å². The van der Waals surface area contributed by atoms with E-state index < -0.39 is 6.03 Å². The van der Waals surface area contributed by atoms with E-state index in [2.05, 4.69) is 20.9 Å². The Hall–Kier alpha value is -3.30. The van der Waals surface area contributed by atoms with E-state index in [1.54, 1.807) is 55.0 Å². The number of ether oxygens (including phenoxy) is 2. The first-order valence-corrected chi connectivity index (χ1v) is 10.0. The maximum absolute atomic E-state index is 12.4. The van der Waals surface area contributed by atoms with Gasteiger partial charge in [-0.05, 0) is 30.3 Å². The predicted molar refractivity (Wildman–Crippen MR) is 118 cm³/mol. The van der Waals surface area contributed by atoms with Crippen molar-refractivity contribution in [1.82, 2.24) is 4.98 Å². The first-order chi connectivity index (χ1) is 14.5. The van der Waals surface area contributed by atoms with Crippen molar-refractivity contribution in [3.8, 4) is 11.5 Å². The number of anilines is 3. The highest BCUT2D eigenvalue weighted by atomic mass is 35.5. The molecule has 0 unspecified atom stereocenters. The molecular formula is C20H19ClN4O4S. The number of methoxy groups -OCH3 is 2. The number of aromatic nitrogens is 1. The van der Waals surface area contributed by atoms with Crippen molar-refractivity contribution in [1.29, 1.82) is 0 Å². The Morgan fingerprint density at radius 1 is 1.07 bits per heavy atom. The van der Waals surface area contributed by atoms with Gasteiger partial charge in [0.15, 0.2) is 5.13 Å². The molecule has 0 saturated heterocycles. The normalized spacial score (nSPS) is 10.2. The lowest BCUT2D eigenvalue weighted by Crippen LogP contribution is -2.19. The molecule has 0 atom stereocenters. The van der Waals surface area contributed by atoms with Gasteiger partial charge in [-0.15, -0.1) is 11.3 Å². The fourth-order valence-electron chi connectivity index (χ4n) is 2.54. The molecule has 0 radical (unpaired) electrons. The molecule has 0 saturated carbocycles. The van der Waals surface area contributed by atoms with Gasteiger partial charge in [-0.25, -0.2) is 9.78 Å². The standard InChI is InChI=1S/C20H19ClN4O4S/c1-28-15-6-7-17(29-2)16(10-15)24-18(26)9-14-11-30-20(23-14)25-19(27)22-13-5-3-4-12(21)8-13/h3-8,10-11H,9H2,1-2H3,(H,24,26)(H2,22,23,25,27). The number of hydrogen-bond donors (Lipinski definition) is 3. The first kappa shape index (κ1) is 21.4. The maximum atomic E-state index is 12.4. The Labute approximate surface area is 182 Å². The van der Waals surface area contributed by atoms with E-state index in [0.717, 1.165) is 0 Å². The molecule has 3 N–H and O–H groups in total. The van der Waals surface area contributed by atoms with Crippen LogP contribution in [0, 0.1) is 0 Å². The number of benzene rings is 2. The van der Waals surface area contributed by atoms with Gasteiger partial charge in [-0.1, -0.05) is 17.7 Å². The fraction of sp³-hybridized carbons (Fsp3) is 0.150. The van der Waals surface area contributed by atoms with Crippen molar-refractivity contribution < 1.29 is 19.1 Å². The zero-order valence-electron chi connectivity index (χ0n) is 16.2. The highest BCUT2D eigenvalue weighted by Crippen LogP contribution is 2.29. The van der Waals surface area contributed by atoms with E-state index in [4.69, 9.17) is 21.1 Å². The van der Waals surface area contributed by atoms with Crippen molar-refractivity contribution in [2.24, 2.45) is 0 Å². The Morgan fingerprint density at radius 2 is 1.90 bits per heavy atom. The second-order valence-corrected chi connectivity index (χ2v) is 7.32. The van der Waals surface area contributed by atoms with Gasteiger partial charge in [0.25, 0.3) is 0 Å². The van der Waals surface area contributed by atoms with Crippen LogP contribution in [-0.4, -0.2) is 31.1 Å². The summed E-state index contributed by atoms with van der Waals surface area (Å²) in [5.41, 5.74) is 1.58. The van der Waals surface area contributed by atoms with E-state index in [0.29, 0.717) is 38.7 Å². The van der Waals surface area contributed by atoms with Crippen LogP contribution >= 0.6 is 22.9 Å². The number of urea groups is 1. The predicted octanol–water partition coefficient (Wildman–Crippen LogP) is 4.64. The van der Waals surface area contributed by atoms with E-state index in [1.165, 1.54) is 18.4 Å². The van der Waals surface area contributed by atoms with Crippen LogP contribution in [0.4, 0.5) is 21.3 Å². The molecule has 2 aromatic carbocycles. The fourth-order valence-corrected chi connectivity index (χ4v) is 3.44. The summed E-state index contributed by atoms with van der Waals surface area (Å²) in [6.07, 6.45) is 0.0362. The van der Waals surface area contributed by atoms with Crippen molar-refractivity contribution in [3.63, 3.8) is 0 Å². The van der Waals surface area contributed by atoms with E-state index in [1.807, 2.05) is 0 Å². The molecule has 0 spiro atoms. The quantitative estimate of drug-likeness (QED) is 0.490. The van der Waals surface area contributed by atoms with E-state index >= 15 is 0 Å². The smallest absolute Gasteiger partial charge is 0.325 e. The number of nitrogens with zero attached hydrogens (tertiary/aromatic N) is 1. The second-order valence-electron chi connectivity index (χ2n) is 6.02. The summed E-state index contributed by atoms with van der Waals surface area (Å²) in [4.78, 5) is 28.8. The molecule has 1 aromatic heterocycles. The van der Waals surface area contributed by atoms with Crippen LogP contribution in [-0.2, 0) is 11.2 Å². The van der Waals surface area contributed by atoms with Crippen molar-refractivity contribution >= 4 is 51.4 Å². The molecule has 3 rings (SSSR count). The Bertz CT molecular complexity index is 1060. The molecular weight excluding hydrogens is 428 g/mol. The first-order valence-electron chi connectivity index (χ1n) is 8.76. The largest absolute Gasteiger partial charge is 0.497 e. The molecule has 30 heavy (non-hydrogen) atoms. The van der Waals surface area contributed by atoms with E-state index in [9.17, 15) is 9.59 Å². The minimum absolute atomic E-state index is 0.0362. The molecule has 3 aromatic rings. The number of amides is 3. The number of carbonyl (C=O) groups excluding carboxylic acids is 2. The van der Waals surface area contributed by atoms with Gasteiger partial charge in [-0.2, -0.15) is 0 Å². The van der Waals surface area contributed by atoms with Gasteiger partial charge in [0.2, 0.25) is 5.91 Å². The average Bonchev–Trinajstić information content (AvgIpc) is 3.14. The number of hydrogen-bond acceptors (Lipinski definition) is 6.